The van der Waals surface area contributed by atoms with E-state index in [-0.39, 0.29) is 5.91 Å². The van der Waals surface area contributed by atoms with E-state index in [1.807, 2.05) is 54.3 Å². The number of carbonyl (C=O) groups is 1. The topological polar surface area (TPSA) is 76.8 Å². The van der Waals surface area contributed by atoms with Gasteiger partial charge in [0.15, 0.2) is 0 Å². The highest BCUT2D eigenvalue weighted by Gasteiger charge is 2.42. The summed E-state index contributed by atoms with van der Waals surface area (Å²) in [6.07, 6.45) is 8.68. The van der Waals surface area contributed by atoms with E-state index in [1.165, 1.54) is 0 Å². The van der Waals surface area contributed by atoms with Gasteiger partial charge < -0.3 is 15.2 Å². The summed E-state index contributed by atoms with van der Waals surface area (Å²) in [4.78, 5) is 17.6. The number of hydrogen-bond donors (Lipinski definition) is 2. The third-order valence-electron chi connectivity index (χ3n) is 5.00. The van der Waals surface area contributed by atoms with E-state index in [4.69, 9.17) is 0 Å². The Bertz CT molecular complexity index is 892. The quantitative estimate of drug-likeness (QED) is 0.755. The van der Waals surface area contributed by atoms with Gasteiger partial charge in [-0.05, 0) is 44.1 Å². The first-order chi connectivity index (χ1) is 12.7. The molecule has 0 aliphatic carbocycles. The second-order valence-corrected chi connectivity index (χ2v) is 6.63. The zero-order chi connectivity index (χ0) is 18.0. The van der Waals surface area contributed by atoms with E-state index in [1.54, 1.807) is 17.1 Å². The van der Waals surface area contributed by atoms with Crippen LogP contribution in [0.1, 0.15) is 12.8 Å². The van der Waals surface area contributed by atoms with Gasteiger partial charge in [0.2, 0.25) is 0 Å². The van der Waals surface area contributed by atoms with Crippen LogP contribution in [0.4, 0.5) is 5.69 Å². The largest absolute Gasteiger partial charge is 0.334 e. The lowest BCUT2D eigenvalue weighted by Gasteiger charge is -2.36. The monoisotopic (exact) mass is 350 g/mol. The van der Waals surface area contributed by atoms with E-state index in [9.17, 15) is 4.79 Å². The minimum Gasteiger partial charge on any atom is -0.334 e. The Morgan fingerprint density at radius 3 is 2.73 bits per heavy atom. The van der Waals surface area contributed by atoms with Gasteiger partial charge in [-0.25, -0.2) is 4.98 Å². The fraction of sp³-hybridized carbons (Fsp3) is 0.316. The highest BCUT2D eigenvalue weighted by Crippen LogP contribution is 2.29. The number of rotatable bonds is 4. The number of amides is 1. The van der Waals surface area contributed by atoms with E-state index in [0.29, 0.717) is 12.8 Å². The molecule has 1 fully saturated rings. The van der Waals surface area contributed by atoms with Crippen LogP contribution in [0.15, 0.2) is 55.1 Å². The number of aromatic nitrogens is 4. The maximum atomic E-state index is 13.2. The maximum Gasteiger partial charge on any atom is 0.252 e. The Labute approximate surface area is 152 Å². The average Bonchev–Trinajstić information content (AvgIpc) is 3.34. The first-order valence-corrected chi connectivity index (χ1v) is 8.79. The van der Waals surface area contributed by atoms with Gasteiger partial charge in [-0.1, -0.05) is 12.1 Å². The van der Waals surface area contributed by atoms with Gasteiger partial charge in [-0.15, -0.1) is 0 Å². The van der Waals surface area contributed by atoms with Crippen molar-refractivity contribution in [2.45, 2.75) is 18.4 Å². The lowest BCUT2D eigenvalue weighted by atomic mass is 9.87. The first-order valence-electron chi connectivity index (χ1n) is 8.79. The molecule has 134 valence electrons. The molecule has 1 saturated heterocycles. The minimum absolute atomic E-state index is 0.0281. The van der Waals surface area contributed by atoms with Crippen molar-refractivity contribution in [2.24, 2.45) is 7.05 Å². The fourth-order valence-electron chi connectivity index (χ4n) is 3.55. The van der Waals surface area contributed by atoms with E-state index >= 15 is 0 Å². The summed E-state index contributed by atoms with van der Waals surface area (Å²) in [5, 5.41) is 10.8. The van der Waals surface area contributed by atoms with E-state index < -0.39 is 5.54 Å². The van der Waals surface area contributed by atoms with Gasteiger partial charge in [0.05, 0.1) is 0 Å². The van der Waals surface area contributed by atoms with Gasteiger partial charge in [-0.2, -0.15) is 5.10 Å². The Morgan fingerprint density at radius 2 is 2.04 bits per heavy atom. The van der Waals surface area contributed by atoms with Crippen molar-refractivity contribution >= 4 is 11.6 Å². The van der Waals surface area contributed by atoms with Crippen molar-refractivity contribution in [2.75, 3.05) is 18.4 Å². The van der Waals surface area contributed by atoms with Crippen molar-refractivity contribution in [1.82, 2.24) is 24.6 Å². The number of aryl methyl sites for hydroxylation is 1. The van der Waals surface area contributed by atoms with Crippen LogP contribution in [0.5, 0.6) is 0 Å². The van der Waals surface area contributed by atoms with Crippen LogP contribution < -0.4 is 10.6 Å². The van der Waals surface area contributed by atoms with Crippen LogP contribution in [0, 0.1) is 0 Å². The summed E-state index contributed by atoms with van der Waals surface area (Å²) in [5.41, 5.74) is 1.07. The molecule has 7 heteroatoms. The summed E-state index contributed by atoms with van der Waals surface area (Å²) in [7, 11) is 1.95. The van der Waals surface area contributed by atoms with Crippen LogP contribution in [0.25, 0.3) is 11.4 Å². The number of anilines is 1. The highest BCUT2D eigenvalue weighted by molar-refractivity contribution is 5.97. The smallest absolute Gasteiger partial charge is 0.252 e. The molecule has 7 nitrogen and oxygen atoms in total. The van der Waals surface area contributed by atoms with Crippen molar-refractivity contribution < 1.29 is 4.79 Å². The summed E-state index contributed by atoms with van der Waals surface area (Å²) in [6, 6.07) is 9.65. The Hall–Kier alpha value is -2.93. The molecule has 26 heavy (non-hydrogen) atoms. The van der Waals surface area contributed by atoms with Gasteiger partial charge >= 0.3 is 0 Å². The third-order valence-corrected chi connectivity index (χ3v) is 5.00. The summed E-state index contributed by atoms with van der Waals surface area (Å²) >= 11 is 0. The molecular formula is C19H22N6O. The highest BCUT2D eigenvalue weighted by atomic mass is 16.2. The van der Waals surface area contributed by atoms with Crippen molar-refractivity contribution in [3.63, 3.8) is 0 Å². The molecule has 0 saturated carbocycles. The Balaban J connectivity index is 1.62. The Kier molecular flexibility index (Phi) is 4.30. The van der Waals surface area contributed by atoms with E-state index in [0.717, 1.165) is 30.2 Å². The first kappa shape index (κ1) is 16.5. The van der Waals surface area contributed by atoms with Crippen LogP contribution in [0.2, 0.25) is 0 Å². The SMILES string of the molecule is Cn1ccnc1-c1cccc(NC(=O)C2(n3cccn3)CCNCC2)c1. The molecule has 4 rings (SSSR count). The average molecular weight is 350 g/mol. The Morgan fingerprint density at radius 1 is 1.19 bits per heavy atom. The van der Waals surface area contributed by atoms with Crippen molar-refractivity contribution in [3.05, 3.63) is 55.1 Å². The predicted octanol–water partition coefficient (Wildman–Crippen LogP) is 2.00. The number of hydrogen-bond acceptors (Lipinski definition) is 4. The van der Waals surface area contributed by atoms with E-state index in [2.05, 4.69) is 20.7 Å². The lowest BCUT2D eigenvalue weighted by molar-refractivity contribution is -0.126. The molecule has 0 atom stereocenters. The fourth-order valence-corrected chi connectivity index (χ4v) is 3.55. The maximum absolute atomic E-state index is 13.2. The van der Waals surface area contributed by atoms with Gasteiger partial charge in [0.25, 0.3) is 5.91 Å². The minimum atomic E-state index is -0.659. The van der Waals surface area contributed by atoms with Crippen molar-refractivity contribution in [3.8, 4) is 11.4 Å². The molecule has 1 aliphatic heterocycles. The number of benzene rings is 1. The summed E-state index contributed by atoms with van der Waals surface area (Å²) in [5.74, 6) is 0.837. The van der Waals surface area contributed by atoms with Crippen LogP contribution in [0.3, 0.4) is 0 Å². The second kappa shape index (κ2) is 6.76. The molecule has 2 N–H and O–H groups in total. The molecule has 1 aromatic carbocycles. The van der Waals surface area contributed by atoms with Crippen molar-refractivity contribution in [1.29, 1.82) is 0 Å². The van der Waals surface area contributed by atoms with Crippen LogP contribution in [-0.2, 0) is 17.4 Å². The van der Waals surface area contributed by atoms with Crippen LogP contribution in [-0.4, -0.2) is 38.3 Å². The molecule has 0 spiro atoms. The number of nitrogens with zero attached hydrogens (tertiary/aromatic N) is 4. The normalized spacial score (nSPS) is 16.3. The molecule has 1 amide bonds. The molecule has 1 aliphatic rings. The summed E-state index contributed by atoms with van der Waals surface area (Å²) in [6.45, 7) is 1.58. The van der Waals surface area contributed by atoms with Gasteiger partial charge in [0.1, 0.15) is 11.4 Å². The molecular weight excluding hydrogens is 328 g/mol. The molecule has 0 unspecified atom stereocenters. The van der Waals surface area contributed by atoms with Gasteiger partial charge in [0, 0.05) is 43.1 Å². The molecule has 2 aromatic heterocycles. The zero-order valence-electron chi connectivity index (χ0n) is 14.7. The molecule has 0 bridgehead atoms. The molecule has 3 heterocycles. The summed E-state index contributed by atoms with van der Waals surface area (Å²) < 4.78 is 3.75. The molecule has 0 radical (unpaired) electrons. The number of piperidine rings is 1. The number of nitrogens with one attached hydrogen (secondary N) is 2. The zero-order valence-corrected chi connectivity index (χ0v) is 14.7. The third kappa shape index (κ3) is 2.90. The lowest BCUT2D eigenvalue weighted by Crippen LogP contribution is -2.52. The van der Waals surface area contributed by atoms with Gasteiger partial charge in [-0.3, -0.25) is 9.48 Å². The van der Waals surface area contributed by atoms with Crippen LogP contribution >= 0.6 is 0 Å². The predicted molar refractivity (Wildman–Crippen MR) is 99.6 cm³/mol. The second-order valence-electron chi connectivity index (χ2n) is 6.63. The molecule has 3 aromatic rings. The number of carbonyl (C=O) groups excluding carboxylic acids is 1. The number of imidazole rings is 1. The standard InChI is InChI=1S/C19H22N6O/c1-24-13-11-21-17(24)15-4-2-5-16(14-15)23-18(26)19(6-9-20-10-7-19)25-12-3-8-22-25/h2-5,8,11-14,20H,6-7,9-10H2,1H3,(H,23,26).